The van der Waals surface area contributed by atoms with Gasteiger partial charge in [-0.15, -0.1) is 0 Å². The fourth-order valence-corrected chi connectivity index (χ4v) is 2.15. The number of aromatic nitrogens is 2. The third kappa shape index (κ3) is 3.56. The number of nitrogens with one attached hydrogen (secondary N) is 1. The lowest BCUT2D eigenvalue weighted by Gasteiger charge is -2.35. The van der Waals surface area contributed by atoms with Crippen molar-refractivity contribution in [2.75, 3.05) is 30.4 Å². The molecule has 3 N–H and O–H groups in total. The fraction of sp³-hybridized carbons (Fsp3) is 0.714. The topological polar surface area (TPSA) is 67.1 Å². The molecule has 0 radical (unpaired) electrons. The van der Waals surface area contributed by atoms with E-state index in [2.05, 4.69) is 34.2 Å². The molecular weight excluding hydrogens is 238 g/mol. The maximum atomic E-state index is 5.63. The summed E-state index contributed by atoms with van der Waals surface area (Å²) in [5.41, 5.74) is 5.63. The zero-order valence-electron chi connectivity index (χ0n) is 12.2. The second-order valence-corrected chi connectivity index (χ2v) is 5.58. The highest BCUT2D eigenvalue weighted by Gasteiger charge is 2.23. The molecule has 5 nitrogen and oxygen atoms in total. The smallest absolute Gasteiger partial charge is 0.134 e. The van der Waals surface area contributed by atoms with Gasteiger partial charge in [-0.3, -0.25) is 0 Å². The lowest BCUT2D eigenvalue weighted by molar-refractivity contribution is 0.399. The normalized spacial score (nSPS) is 16.8. The third-order valence-electron chi connectivity index (χ3n) is 3.84. The van der Waals surface area contributed by atoms with Crippen LogP contribution in [0.15, 0.2) is 6.07 Å². The quantitative estimate of drug-likeness (QED) is 0.819. The lowest BCUT2D eigenvalue weighted by Crippen LogP contribution is -2.37. The van der Waals surface area contributed by atoms with E-state index in [1.807, 2.05) is 13.0 Å². The van der Waals surface area contributed by atoms with E-state index in [0.717, 1.165) is 24.0 Å². The average molecular weight is 263 g/mol. The predicted octanol–water partition coefficient (Wildman–Crippen LogP) is 1.78. The minimum absolute atomic E-state index is 0.447. The first-order valence-electron chi connectivity index (χ1n) is 7.12. The van der Waals surface area contributed by atoms with E-state index >= 15 is 0 Å². The van der Waals surface area contributed by atoms with Crippen molar-refractivity contribution in [1.82, 2.24) is 9.97 Å². The SMILES string of the molecule is Cc1nc(NCC(C)CN)cc(N(C)C2CCC2)n1. The Morgan fingerprint density at radius 1 is 1.47 bits per heavy atom. The summed E-state index contributed by atoms with van der Waals surface area (Å²) in [6, 6.07) is 2.68. The van der Waals surface area contributed by atoms with Crippen LogP contribution in [0.5, 0.6) is 0 Å². The number of rotatable bonds is 6. The summed E-state index contributed by atoms with van der Waals surface area (Å²) in [5.74, 6) is 3.17. The van der Waals surface area contributed by atoms with Gasteiger partial charge in [-0.25, -0.2) is 9.97 Å². The van der Waals surface area contributed by atoms with Crippen LogP contribution in [0.1, 0.15) is 32.0 Å². The molecule has 1 heterocycles. The molecule has 0 saturated heterocycles. The van der Waals surface area contributed by atoms with Crippen LogP contribution in [-0.2, 0) is 0 Å². The Morgan fingerprint density at radius 3 is 2.79 bits per heavy atom. The molecule has 1 saturated carbocycles. The predicted molar refractivity (Wildman–Crippen MR) is 79.5 cm³/mol. The Balaban J connectivity index is 2.05. The van der Waals surface area contributed by atoms with Crippen LogP contribution < -0.4 is 16.0 Å². The van der Waals surface area contributed by atoms with Crippen molar-refractivity contribution in [3.63, 3.8) is 0 Å². The summed E-state index contributed by atoms with van der Waals surface area (Å²) in [5, 5.41) is 3.35. The van der Waals surface area contributed by atoms with Crippen LogP contribution in [0.3, 0.4) is 0 Å². The van der Waals surface area contributed by atoms with Gasteiger partial charge >= 0.3 is 0 Å². The zero-order valence-corrected chi connectivity index (χ0v) is 12.2. The van der Waals surface area contributed by atoms with Crippen molar-refractivity contribution in [1.29, 1.82) is 0 Å². The van der Waals surface area contributed by atoms with E-state index in [9.17, 15) is 0 Å². The highest BCUT2D eigenvalue weighted by molar-refractivity contribution is 5.49. The zero-order chi connectivity index (χ0) is 13.8. The largest absolute Gasteiger partial charge is 0.370 e. The molecule has 1 aromatic rings. The highest BCUT2D eigenvalue weighted by Crippen LogP contribution is 2.27. The molecule has 0 bridgehead atoms. The van der Waals surface area contributed by atoms with Crippen molar-refractivity contribution in [3.05, 3.63) is 11.9 Å². The number of hydrogen-bond acceptors (Lipinski definition) is 5. The minimum Gasteiger partial charge on any atom is -0.370 e. The van der Waals surface area contributed by atoms with Gasteiger partial charge < -0.3 is 16.0 Å². The second-order valence-electron chi connectivity index (χ2n) is 5.58. The van der Waals surface area contributed by atoms with Crippen LogP contribution in [0.2, 0.25) is 0 Å². The second kappa shape index (κ2) is 6.19. The lowest BCUT2D eigenvalue weighted by atomic mass is 9.92. The van der Waals surface area contributed by atoms with Crippen molar-refractivity contribution < 1.29 is 0 Å². The van der Waals surface area contributed by atoms with Crippen LogP contribution >= 0.6 is 0 Å². The van der Waals surface area contributed by atoms with Crippen LogP contribution in [0.25, 0.3) is 0 Å². The summed E-state index contributed by atoms with van der Waals surface area (Å²) in [6.45, 7) is 5.60. The molecule has 19 heavy (non-hydrogen) atoms. The van der Waals surface area contributed by atoms with Gasteiger partial charge in [0.25, 0.3) is 0 Å². The number of anilines is 2. The molecule has 106 valence electrons. The molecule has 0 aliphatic heterocycles. The van der Waals surface area contributed by atoms with Gasteiger partial charge in [-0.05, 0) is 38.6 Å². The third-order valence-corrected chi connectivity index (χ3v) is 3.84. The Kier molecular flexibility index (Phi) is 4.58. The van der Waals surface area contributed by atoms with Gasteiger partial charge in [0.05, 0.1) is 0 Å². The fourth-order valence-electron chi connectivity index (χ4n) is 2.15. The first-order chi connectivity index (χ1) is 9.10. The number of nitrogens with zero attached hydrogens (tertiary/aromatic N) is 3. The Labute approximate surface area is 115 Å². The Bertz CT molecular complexity index is 416. The standard InChI is InChI=1S/C14H25N5/c1-10(8-15)9-16-13-7-14(18-11(2)17-13)19(3)12-5-4-6-12/h7,10,12H,4-6,8-9,15H2,1-3H3,(H,16,17,18). The van der Waals surface area contributed by atoms with E-state index in [4.69, 9.17) is 5.73 Å². The van der Waals surface area contributed by atoms with Gasteiger partial charge in [0.15, 0.2) is 0 Å². The van der Waals surface area contributed by atoms with E-state index in [1.165, 1.54) is 19.3 Å². The molecule has 0 aromatic carbocycles. The molecular formula is C14H25N5. The van der Waals surface area contributed by atoms with Gasteiger partial charge in [0, 0.05) is 25.7 Å². The Hall–Kier alpha value is -1.36. The molecule has 1 atom stereocenters. The van der Waals surface area contributed by atoms with Crippen LogP contribution in [0.4, 0.5) is 11.6 Å². The summed E-state index contributed by atoms with van der Waals surface area (Å²) >= 11 is 0. The van der Waals surface area contributed by atoms with E-state index in [0.29, 0.717) is 18.5 Å². The van der Waals surface area contributed by atoms with Crippen LogP contribution in [0, 0.1) is 12.8 Å². The first-order valence-corrected chi connectivity index (χ1v) is 7.12. The van der Waals surface area contributed by atoms with Crippen molar-refractivity contribution >= 4 is 11.6 Å². The van der Waals surface area contributed by atoms with Crippen LogP contribution in [-0.4, -0.2) is 36.1 Å². The maximum Gasteiger partial charge on any atom is 0.134 e. The van der Waals surface area contributed by atoms with Gasteiger partial charge in [-0.1, -0.05) is 6.92 Å². The van der Waals surface area contributed by atoms with Gasteiger partial charge in [0.2, 0.25) is 0 Å². The molecule has 2 rings (SSSR count). The molecule has 5 heteroatoms. The van der Waals surface area contributed by atoms with Crippen molar-refractivity contribution in [2.24, 2.45) is 11.7 Å². The van der Waals surface area contributed by atoms with E-state index < -0.39 is 0 Å². The number of nitrogens with two attached hydrogens (primary N) is 1. The molecule has 1 aliphatic carbocycles. The summed E-state index contributed by atoms with van der Waals surface area (Å²) in [6.07, 6.45) is 3.87. The van der Waals surface area contributed by atoms with E-state index in [1.54, 1.807) is 0 Å². The molecule has 0 spiro atoms. The molecule has 1 unspecified atom stereocenters. The molecule has 1 fully saturated rings. The monoisotopic (exact) mass is 263 g/mol. The van der Waals surface area contributed by atoms with E-state index in [-0.39, 0.29) is 0 Å². The summed E-state index contributed by atoms with van der Waals surface area (Å²) < 4.78 is 0. The average Bonchev–Trinajstić information content (AvgIpc) is 2.33. The first kappa shape index (κ1) is 14.1. The van der Waals surface area contributed by atoms with Crippen molar-refractivity contribution in [2.45, 2.75) is 39.2 Å². The molecule has 0 amide bonds. The Morgan fingerprint density at radius 2 is 2.21 bits per heavy atom. The minimum atomic E-state index is 0.447. The van der Waals surface area contributed by atoms with Gasteiger partial charge in [-0.2, -0.15) is 0 Å². The molecule has 1 aliphatic rings. The summed E-state index contributed by atoms with van der Waals surface area (Å²) in [4.78, 5) is 11.2. The number of aryl methyl sites for hydroxylation is 1. The number of hydrogen-bond donors (Lipinski definition) is 2. The van der Waals surface area contributed by atoms with Gasteiger partial charge in [0.1, 0.15) is 17.5 Å². The van der Waals surface area contributed by atoms with Crippen molar-refractivity contribution in [3.8, 4) is 0 Å². The highest BCUT2D eigenvalue weighted by atomic mass is 15.2. The molecule has 1 aromatic heterocycles. The summed E-state index contributed by atoms with van der Waals surface area (Å²) in [7, 11) is 2.12. The maximum absolute atomic E-state index is 5.63.